The first-order valence-electron chi connectivity index (χ1n) is 5.77. The van der Waals surface area contributed by atoms with Crippen molar-refractivity contribution in [2.75, 3.05) is 18.5 Å². The number of anilines is 1. The molecule has 0 amide bonds. The highest BCUT2D eigenvalue weighted by Gasteiger charge is 2.34. The summed E-state index contributed by atoms with van der Waals surface area (Å²) < 4.78 is 0. The summed E-state index contributed by atoms with van der Waals surface area (Å²) in [5, 5.41) is 10.9. The molecule has 18 heavy (non-hydrogen) atoms. The van der Waals surface area contributed by atoms with E-state index in [1.54, 1.807) is 0 Å². The van der Waals surface area contributed by atoms with Crippen LogP contribution in [0.2, 0.25) is 5.02 Å². The molecule has 1 saturated carbocycles. The SMILES string of the molecule is CN(c1ncc([N+](=O)[O-])cc1Cl)C(CN)C1CC1. The Hall–Kier alpha value is -1.40. The Kier molecular flexibility index (Phi) is 3.68. The van der Waals surface area contributed by atoms with E-state index in [1.165, 1.54) is 12.3 Å². The Bertz CT molecular complexity index is 464. The van der Waals surface area contributed by atoms with E-state index in [9.17, 15) is 10.1 Å². The highest BCUT2D eigenvalue weighted by molar-refractivity contribution is 6.33. The lowest BCUT2D eigenvalue weighted by molar-refractivity contribution is -0.385. The Morgan fingerprint density at radius 2 is 2.39 bits per heavy atom. The van der Waals surface area contributed by atoms with Crippen LogP contribution in [0.4, 0.5) is 11.5 Å². The molecule has 1 atom stereocenters. The molecule has 7 heteroatoms. The van der Waals surface area contributed by atoms with Gasteiger partial charge in [-0.2, -0.15) is 0 Å². The Morgan fingerprint density at radius 1 is 1.72 bits per heavy atom. The highest BCUT2D eigenvalue weighted by atomic mass is 35.5. The van der Waals surface area contributed by atoms with Gasteiger partial charge in [0.15, 0.2) is 0 Å². The van der Waals surface area contributed by atoms with Crippen molar-refractivity contribution in [3.05, 3.63) is 27.4 Å². The highest BCUT2D eigenvalue weighted by Crippen LogP contribution is 2.37. The van der Waals surface area contributed by atoms with Crippen LogP contribution < -0.4 is 10.6 Å². The molecule has 0 radical (unpaired) electrons. The fraction of sp³-hybridized carbons (Fsp3) is 0.545. The minimum atomic E-state index is -0.510. The molecule has 1 aliphatic rings. The second-order valence-corrected chi connectivity index (χ2v) is 4.91. The van der Waals surface area contributed by atoms with Crippen molar-refractivity contribution in [1.29, 1.82) is 0 Å². The van der Waals surface area contributed by atoms with Gasteiger partial charge in [0.25, 0.3) is 5.69 Å². The van der Waals surface area contributed by atoms with Crippen LogP contribution in [0.1, 0.15) is 12.8 Å². The zero-order valence-corrected chi connectivity index (χ0v) is 10.8. The number of halogens is 1. The molecular weight excluding hydrogens is 256 g/mol. The van der Waals surface area contributed by atoms with Gasteiger partial charge in [-0.25, -0.2) is 4.98 Å². The number of pyridine rings is 1. The lowest BCUT2D eigenvalue weighted by Crippen LogP contribution is -2.40. The minimum Gasteiger partial charge on any atom is -0.354 e. The molecule has 0 bridgehead atoms. The molecule has 2 N–H and O–H groups in total. The van der Waals surface area contributed by atoms with E-state index in [2.05, 4.69) is 4.98 Å². The van der Waals surface area contributed by atoms with Gasteiger partial charge in [0.2, 0.25) is 0 Å². The van der Waals surface area contributed by atoms with Crippen LogP contribution in [0, 0.1) is 16.0 Å². The second kappa shape index (κ2) is 5.07. The molecule has 6 nitrogen and oxygen atoms in total. The maximum atomic E-state index is 10.6. The van der Waals surface area contributed by atoms with Crippen molar-refractivity contribution in [3.8, 4) is 0 Å². The molecule has 0 spiro atoms. The molecule has 1 aromatic heterocycles. The number of likely N-dealkylation sites (N-methyl/N-ethyl adjacent to an activating group) is 1. The van der Waals surface area contributed by atoms with Crippen LogP contribution in [0.5, 0.6) is 0 Å². The van der Waals surface area contributed by atoms with Gasteiger partial charge >= 0.3 is 0 Å². The van der Waals surface area contributed by atoms with E-state index in [-0.39, 0.29) is 16.8 Å². The Morgan fingerprint density at radius 3 is 2.83 bits per heavy atom. The van der Waals surface area contributed by atoms with Gasteiger partial charge < -0.3 is 10.6 Å². The van der Waals surface area contributed by atoms with Gasteiger partial charge in [-0.3, -0.25) is 10.1 Å². The molecule has 0 aliphatic heterocycles. The first-order chi connectivity index (χ1) is 8.54. The summed E-state index contributed by atoms with van der Waals surface area (Å²) in [5.41, 5.74) is 5.66. The standard InChI is InChI=1S/C11H15ClN4O2/c1-15(10(5-13)7-2-3-7)11-9(12)4-8(6-14-11)16(17)18/h4,6-7,10H,2-3,5,13H2,1H3. The number of nitrogens with zero attached hydrogens (tertiary/aromatic N) is 3. The Labute approximate surface area is 110 Å². The van der Waals surface area contributed by atoms with Gasteiger partial charge in [-0.1, -0.05) is 11.6 Å². The van der Waals surface area contributed by atoms with E-state index < -0.39 is 4.92 Å². The Balaban J connectivity index is 2.24. The summed E-state index contributed by atoms with van der Waals surface area (Å²) in [4.78, 5) is 16.1. The number of hydrogen-bond donors (Lipinski definition) is 1. The number of nitro groups is 1. The fourth-order valence-corrected chi connectivity index (χ4v) is 2.38. The maximum absolute atomic E-state index is 10.6. The molecule has 1 heterocycles. The summed E-state index contributed by atoms with van der Waals surface area (Å²) in [5.74, 6) is 1.12. The van der Waals surface area contributed by atoms with Crippen LogP contribution in [-0.4, -0.2) is 29.5 Å². The number of hydrogen-bond acceptors (Lipinski definition) is 5. The monoisotopic (exact) mass is 270 g/mol. The number of nitrogens with two attached hydrogens (primary N) is 1. The second-order valence-electron chi connectivity index (χ2n) is 4.51. The first kappa shape index (κ1) is 13.0. The molecule has 0 aromatic carbocycles. The lowest BCUT2D eigenvalue weighted by atomic mass is 10.1. The molecule has 1 aromatic rings. The van der Waals surface area contributed by atoms with Crippen LogP contribution in [0.15, 0.2) is 12.3 Å². The summed E-state index contributed by atoms with van der Waals surface area (Å²) in [6.45, 7) is 0.524. The topological polar surface area (TPSA) is 85.3 Å². The van der Waals surface area contributed by atoms with Gasteiger partial charge in [-0.15, -0.1) is 0 Å². The third-order valence-corrected chi connectivity index (χ3v) is 3.54. The molecule has 1 unspecified atom stereocenters. The van der Waals surface area contributed by atoms with Gasteiger partial charge in [-0.05, 0) is 18.8 Å². The van der Waals surface area contributed by atoms with Crippen molar-refractivity contribution in [1.82, 2.24) is 4.98 Å². The van der Waals surface area contributed by atoms with Crippen LogP contribution in [0.25, 0.3) is 0 Å². The quantitative estimate of drug-likeness (QED) is 0.651. The molecule has 1 aliphatic carbocycles. The fourth-order valence-electron chi connectivity index (χ4n) is 2.08. The average Bonchev–Trinajstić information content (AvgIpc) is 3.14. The van der Waals surface area contributed by atoms with Crippen molar-refractivity contribution in [2.24, 2.45) is 11.7 Å². The van der Waals surface area contributed by atoms with Crippen LogP contribution >= 0.6 is 11.6 Å². The van der Waals surface area contributed by atoms with E-state index >= 15 is 0 Å². The third kappa shape index (κ3) is 2.54. The molecule has 2 rings (SSSR count). The van der Waals surface area contributed by atoms with E-state index in [0.717, 1.165) is 12.8 Å². The lowest BCUT2D eigenvalue weighted by Gasteiger charge is -2.28. The van der Waals surface area contributed by atoms with Crippen molar-refractivity contribution in [3.63, 3.8) is 0 Å². The average molecular weight is 271 g/mol. The maximum Gasteiger partial charge on any atom is 0.289 e. The van der Waals surface area contributed by atoms with E-state index in [1.807, 2.05) is 11.9 Å². The molecule has 1 fully saturated rings. The molecular formula is C11H15ClN4O2. The minimum absolute atomic E-state index is 0.104. The smallest absolute Gasteiger partial charge is 0.289 e. The van der Waals surface area contributed by atoms with Gasteiger partial charge in [0, 0.05) is 25.7 Å². The van der Waals surface area contributed by atoms with E-state index in [0.29, 0.717) is 18.3 Å². The van der Waals surface area contributed by atoms with Gasteiger partial charge in [0.05, 0.1) is 9.95 Å². The summed E-state index contributed by atoms with van der Waals surface area (Å²) in [6.07, 6.45) is 3.55. The van der Waals surface area contributed by atoms with Crippen molar-refractivity contribution >= 4 is 23.1 Å². The summed E-state index contributed by atoms with van der Waals surface area (Å²) in [6, 6.07) is 1.51. The normalized spacial score (nSPS) is 16.4. The van der Waals surface area contributed by atoms with Gasteiger partial charge in [0.1, 0.15) is 12.0 Å². The number of aromatic nitrogens is 1. The van der Waals surface area contributed by atoms with Crippen molar-refractivity contribution < 1.29 is 4.92 Å². The first-order valence-corrected chi connectivity index (χ1v) is 6.15. The largest absolute Gasteiger partial charge is 0.354 e. The summed E-state index contributed by atoms with van der Waals surface area (Å²) >= 11 is 6.05. The number of rotatable bonds is 5. The summed E-state index contributed by atoms with van der Waals surface area (Å²) in [7, 11) is 1.87. The molecule has 98 valence electrons. The zero-order chi connectivity index (χ0) is 13.3. The van der Waals surface area contributed by atoms with Crippen LogP contribution in [-0.2, 0) is 0 Å². The van der Waals surface area contributed by atoms with Crippen LogP contribution in [0.3, 0.4) is 0 Å². The predicted molar refractivity (Wildman–Crippen MR) is 69.9 cm³/mol. The van der Waals surface area contributed by atoms with Crippen molar-refractivity contribution in [2.45, 2.75) is 18.9 Å². The van der Waals surface area contributed by atoms with E-state index in [4.69, 9.17) is 17.3 Å². The molecule has 0 saturated heterocycles. The zero-order valence-electron chi connectivity index (χ0n) is 10.0. The third-order valence-electron chi connectivity index (χ3n) is 3.26. The predicted octanol–water partition coefficient (Wildman–Crippen LogP) is 1.82.